The van der Waals surface area contributed by atoms with Gasteiger partial charge in [0.2, 0.25) is 0 Å². The van der Waals surface area contributed by atoms with Gasteiger partial charge in [0.25, 0.3) is 0 Å². The van der Waals surface area contributed by atoms with E-state index in [1.54, 1.807) is 0 Å². The normalized spacial score (nSPS) is 19.8. The van der Waals surface area contributed by atoms with E-state index >= 15 is 0 Å². The first-order chi connectivity index (χ1) is 7.56. The number of hydrogen-bond donors (Lipinski definition) is 3. The summed E-state index contributed by atoms with van der Waals surface area (Å²) in [5, 5.41) is 27.7. The number of cyclic esters (lactones) is 1. The molecule has 0 radical (unpaired) electrons. The van der Waals surface area contributed by atoms with E-state index in [0.717, 1.165) is 0 Å². The van der Waals surface area contributed by atoms with Gasteiger partial charge in [-0.3, -0.25) is 4.79 Å². The molecular formula is C11H12O5. The molecule has 1 atom stereocenters. The standard InChI is InChI=1S/C11H12O5/c12-8-4-6(5-9(13)11(8)15)3-7-1-2-10(14)16-7/h4-5,7,12-13,15H,1-3H2. The van der Waals surface area contributed by atoms with E-state index < -0.39 is 5.75 Å². The van der Waals surface area contributed by atoms with E-state index in [1.807, 2.05) is 0 Å². The molecule has 1 aliphatic heterocycles. The summed E-state index contributed by atoms with van der Waals surface area (Å²) in [6, 6.07) is 2.70. The van der Waals surface area contributed by atoms with Gasteiger partial charge in [0, 0.05) is 12.8 Å². The van der Waals surface area contributed by atoms with Crippen LogP contribution in [0.25, 0.3) is 0 Å². The molecule has 0 saturated carbocycles. The van der Waals surface area contributed by atoms with Gasteiger partial charge in [-0.1, -0.05) is 0 Å². The summed E-state index contributed by atoms with van der Waals surface area (Å²) in [6.45, 7) is 0. The minimum atomic E-state index is -0.535. The number of carbonyl (C=O) groups excluding carboxylic acids is 1. The lowest BCUT2D eigenvalue weighted by atomic mass is 10.0. The molecule has 1 unspecified atom stereocenters. The van der Waals surface area contributed by atoms with Crippen molar-refractivity contribution < 1.29 is 24.9 Å². The number of carbonyl (C=O) groups is 1. The molecule has 1 aromatic rings. The molecule has 0 aromatic heterocycles. The number of ether oxygens (including phenoxy) is 1. The smallest absolute Gasteiger partial charge is 0.306 e. The molecule has 3 N–H and O–H groups in total. The van der Waals surface area contributed by atoms with Gasteiger partial charge >= 0.3 is 5.97 Å². The fourth-order valence-corrected chi connectivity index (χ4v) is 1.77. The van der Waals surface area contributed by atoms with Crippen molar-refractivity contribution in [1.29, 1.82) is 0 Å². The Balaban J connectivity index is 2.13. The van der Waals surface area contributed by atoms with Crippen LogP contribution in [0.1, 0.15) is 18.4 Å². The van der Waals surface area contributed by atoms with Gasteiger partial charge in [-0.2, -0.15) is 0 Å². The van der Waals surface area contributed by atoms with Crippen LogP contribution in [0.4, 0.5) is 0 Å². The third-order valence-electron chi connectivity index (χ3n) is 2.56. The van der Waals surface area contributed by atoms with E-state index in [0.29, 0.717) is 24.8 Å². The maximum Gasteiger partial charge on any atom is 0.306 e. The molecule has 1 aliphatic rings. The van der Waals surface area contributed by atoms with Gasteiger partial charge in [-0.15, -0.1) is 0 Å². The highest BCUT2D eigenvalue weighted by atomic mass is 16.5. The topological polar surface area (TPSA) is 87.0 Å². The van der Waals surface area contributed by atoms with Gasteiger partial charge in [-0.05, 0) is 24.1 Å². The minimum Gasteiger partial charge on any atom is -0.504 e. The Morgan fingerprint density at radius 2 is 1.88 bits per heavy atom. The Morgan fingerprint density at radius 3 is 2.38 bits per heavy atom. The summed E-state index contributed by atoms with van der Waals surface area (Å²) in [7, 11) is 0. The first-order valence-electron chi connectivity index (χ1n) is 4.99. The molecule has 0 bridgehead atoms. The van der Waals surface area contributed by atoms with Crippen molar-refractivity contribution in [2.45, 2.75) is 25.4 Å². The Morgan fingerprint density at radius 1 is 1.25 bits per heavy atom. The molecule has 0 aliphatic carbocycles. The van der Waals surface area contributed by atoms with Crippen LogP contribution in [0.15, 0.2) is 12.1 Å². The van der Waals surface area contributed by atoms with E-state index in [4.69, 9.17) is 9.84 Å². The van der Waals surface area contributed by atoms with Crippen molar-refractivity contribution in [3.05, 3.63) is 17.7 Å². The lowest BCUT2D eigenvalue weighted by molar-refractivity contribution is -0.141. The maximum absolute atomic E-state index is 10.9. The minimum absolute atomic E-state index is 0.212. The number of phenols is 3. The zero-order valence-corrected chi connectivity index (χ0v) is 8.51. The second-order valence-electron chi connectivity index (χ2n) is 3.84. The van der Waals surface area contributed by atoms with Crippen molar-refractivity contribution in [3.8, 4) is 17.2 Å². The monoisotopic (exact) mass is 224 g/mol. The highest BCUT2D eigenvalue weighted by Crippen LogP contribution is 2.36. The number of benzene rings is 1. The zero-order valence-electron chi connectivity index (χ0n) is 8.51. The van der Waals surface area contributed by atoms with E-state index in [2.05, 4.69) is 0 Å². The van der Waals surface area contributed by atoms with E-state index in [9.17, 15) is 15.0 Å². The van der Waals surface area contributed by atoms with Gasteiger partial charge < -0.3 is 20.1 Å². The zero-order chi connectivity index (χ0) is 11.7. The van der Waals surface area contributed by atoms with Crippen LogP contribution in [-0.2, 0) is 16.0 Å². The molecule has 0 amide bonds. The molecule has 86 valence electrons. The molecule has 1 aromatic carbocycles. The first kappa shape index (κ1) is 10.6. The number of phenolic OH excluding ortho intramolecular Hbond substituents is 3. The molecule has 2 rings (SSSR count). The summed E-state index contributed by atoms with van der Waals surface area (Å²) < 4.78 is 5.01. The van der Waals surface area contributed by atoms with Crippen molar-refractivity contribution in [2.24, 2.45) is 0 Å². The second kappa shape index (κ2) is 3.92. The Hall–Kier alpha value is -1.91. The van der Waals surface area contributed by atoms with Crippen LogP contribution in [0.3, 0.4) is 0 Å². The number of esters is 1. The molecular weight excluding hydrogens is 212 g/mol. The number of aromatic hydroxyl groups is 3. The molecule has 5 nitrogen and oxygen atoms in total. The van der Waals surface area contributed by atoms with Crippen molar-refractivity contribution in [3.63, 3.8) is 0 Å². The molecule has 5 heteroatoms. The summed E-state index contributed by atoms with van der Waals surface area (Å²) in [6.07, 6.45) is 1.26. The SMILES string of the molecule is O=C1CCC(Cc2cc(O)c(O)c(O)c2)O1. The largest absolute Gasteiger partial charge is 0.504 e. The van der Waals surface area contributed by atoms with Crippen molar-refractivity contribution >= 4 is 5.97 Å². The van der Waals surface area contributed by atoms with E-state index in [1.165, 1.54) is 12.1 Å². The van der Waals surface area contributed by atoms with Crippen LogP contribution < -0.4 is 0 Å². The average molecular weight is 224 g/mol. The lowest BCUT2D eigenvalue weighted by Crippen LogP contribution is -2.10. The fraction of sp³-hybridized carbons (Fsp3) is 0.364. The Kier molecular flexibility index (Phi) is 2.60. The Labute approximate surface area is 91.9 Å². The lowest BCUT2D eigenvalue weighted by Gasteiger charge is -2.10. The number of hydrogen-bond acceptors (Lipinski definition) is 5. The highest BCUT2D eigenvalue weighted by Gasteiger charge is 2.24. The third-order valence-corrected chi connectivity index (χ3v) is 2.56. The van der Waals surface area contributed by atoms with Gasteiger partial charge in [0.1, 0.15) is 6.10 Å². The molecule has 0 spiro atoms. The summed E-state index contributed by atoms with van der Waals surface area (Å²) in [5.41, 5.74) is 0.618. The molecule has 1 fully saturated rings. The fourth-order valence-electron chi connectivity index (χ4n) is 1.77. The van der Waals surface area contributed by atoms with Crippen LogP contribution in [0.2, 0.25) is 0 Å². The predicted molar refractivity (Wildman–Crippen MR) is 54.3 cm³/mol. The van der Waals surface area contributed by atoms with Gasteiger partial charge in [0.15, 0.2) is 17.2 Å². The second-order valence-corrected chi connectivity index (χ2v) is 3.84. The van der Waals surface area contributed by atoms with Crippen molar-refractivity contribution in [2.75, 3.05) is 0 Å². The molecule has 1 heterocycles. The predicted octanol–water partition coefficient (Wildman–Crippen LogP) is 1.05. The van der Waals surface area contributed by atoms with Gasteiger partial charge in [0.05, 0.1) is 0 Å². The highest BCUT2D eigenvalue weighted by molar-refractivity contribution is 5.71. The quantitative estimate of drug-likeness (QED) is 0.516. The number of rotatable bonds is 2. The third kappa shape index (κ3) is 2.03. The van der Waals surface area contributed by atoms with Crippen LogP contribution in [0, 0.1) is 0 Å². The molecule has 1 saturated heterocycles. The summed E-state index contributed by atoms with van der Waals surface area (Å²) >= 11 is 0. The Bertz CT molecular complexity index is 403. The maximum atomic E-state index is 10.9. The first-order valence-corrected chi connectivity index (χ1v) is 4.99. The average Bonchev–Trinajstić information content (AvgIpc) is 2.60. The van der Waals surface area contributed by atoms with E-state index in [-0.39, 0.29) is 23.6 Å². The van der Waals surface area contributed by atoms with Gasteiger partial charge in [-0.25, -0.2) is 0 Å². The van der Waals surface area contributed by atoms with Crippen LogP contribution in [-0.4, -0.2) is 27.4 Å². The van der Waals surface area contributed by atoms with Crippen molar-refractivity contribution in [1.82, 2.24) is 0 Å². The molecule has 16 heavy (non-hydrogen) atoms. The van der Waals surface area contributed by atoms with Crippen LogP contribution >= 0.6 is 0 Å². The summed E-state index contributed by atoms with van der Waals surface area (Å²) in [4.78, 5) is 10.9. The van der Waals surface area contributed by atoms with Crippen LogP contribution in [0.5, 0.6) is 17.2 Å². The summed E-state index contributed by atoms with van der Waals surface area (Å²) in [5.74, 6) is -1.51.